The van der Waals surface area contributed by atoms with Crippen molar-refractivity contribution in [3.8, 4) is 0 Å². The maximum Gasteiger partial charge on any atom is 0.227 e. The van der Waals surface area contributed by atoms with E-state index in [0.717, 1.165) is 6.42 Å². The smallest absolute Gasteiger partial charge is 0.227 e. The van der Waals surface area contributed by atoms with Gasteiger partial charge in [0.1, 0.15) is 0 Å². The lowest BCUT2D eigenvalue weighted by Crippen LogP contribution is -2.46. The normalized spacial score (nSPS) is 28.4. The molecule has 0 aromatic heterocycles. The van der Waals surface area contributed by atoms with Crippen molar-refractivity contribution in [1.82, 2.24) is 5.32 Å². The average molecular weight is 223 g/mol. The predicted molar refractivity (Wildman–Crippen MR) is 61.7 cm³/mol. The zero-order chi connectivity index (χ0) is 11.6. The van der Waals surface area contributed by atoms with Crippen molar-refractivity contribution < 1.29 is 9.59 Å². The first kappa shape index (κ1) is 11.6. The van der Waals surface area contributed by atoms with Gasteiger partial charge in [0.05, 0.1) is 0 Å². The molecule has 0 bridgehead atoms. The summed E-state index contributed by atoms with van der Waals surface area (Å²) in [7, 11) is 0. The quantitative estimate of drug-likeness (QED) is 0.747. The summed E-state index contributed by atoms with van der Waals surface area (Å²) in [5.41, 5.74) is 0.0224. The SMILES string of the molecule is CCCCC1CCCC12CC(=O)NC(=O)C2. The molecular formula is C13H21NO2. The zero-order valence-electron chi connectivity index (χ0n) is 10.1. The van der Waals surface area contributed by atoms with Crippen LogP contribution in [0, 0.1) is 11.3 Å². The highest BCUT2D eigenvalue weighted by Crippen LogP contribution is 2.51. The average Bonchev–Trinajstić information content (AvgIpc) is 2.55. The molecule has 1 saturated heterocycles. The summed E-state index contributed by atoms with van der Waals surface area (Å²) in [6, 6.07) is 0. The van der Waals surface area contributed by atoms with Gasteiger partial charge in [-0.05, 0) is 30.6 Å². The standard InChI is InChI=1S/C13H21NO2/c1-2-3-5-10-6-4-7-13(10)8-11(15)14-12(16)9-13/h10H,2-9H2,1H3,(H,14,15,16). The molecule has 1 N–H and O–H groups in total. The van der Waals surface area contributed by atoms with Gasteiger partial charge in [0, 0.05) is 12.8 Å². The van der Waals surface area contributed by atoms with Crippen molar-refractivity contribution in [3.63, 3.8) is 0 Å². The van der Waals surface area contributed by atoms with E-state index in [0.29, 0.717) is 18.8 Å². The number of piperidine rings is 1. The molecule has 2 amide bonds. The fourth-order valence-corrected chi connectivity index (χ4v) is 3.52. The van der Waals surface area contributed by atoms with E-state index in [2.05, 4.69) is 12.2 Å². The van der Waals surface area contributed by atoms with Gasteiger partial charge in [-0.2, -0.15) is 0 Å². The van der Waals surface area contributed by atoms with Crippen LogP contribution >= 0.6 is 0 Å². The summed E-state index contributed by atoms with van der Waals surface area (Å²) < 4.78 is 0. The number of unbranched alkanes of at least 4 members (excludes halogenated alkanes) is 1. The van der Waals surface area contributed by atoms with Crippen LogP contribution in [-0.4, -0.2) is 11.8 Å². The van der Waals surface area contributed by atoms with Gasteiger partial charge in [-0.3, -0.25) is 14.9 Å². The lowest BCUT2D eigenvalue weighted by Gasteiger charge is -2.37. The van der Waals surface area contributed by atoms with Gasteiger partial charge in [-0.1, -0.05) is 26.2 Å². The van der Waals surface area contributed by atoms with Crippen LogP contribution in [0.4, 0.5) is 0 Å². The first-order chi connectivity index (χ1) is 7.66. The first-order valence-electron chi connectivity index (χ1n) is 6.49. The molecule has 3 nitrogen and oxygen atoms in total. The Kier molecular flexibility index (Phi) is 3.31. The number of carbonyl (C=O) groups excluding carboxylic acids is 2. The number of hydrogen-bond acceptors (Lipinski definition) is 2. The van der Waals surface area contributed by atoms with Crippen LogP contribution in [0.5, 0.6) is 0 Å². The third-order valence-electron chi connectivity index (χ3n) is 4.30. The second-order valence-corrected chi connectivity index (χ2v) is 5.42. The maximum atomic E-state index is 11.5. The molecule has 16 heavy (non-hydrogen) atoms. The zero-order valence-corrected chi connectivity index (χ0v) is 10.1. The van der Waals surface area contributed by atoms with E-state index >= 15 is 0 Å². The highest BCUT2D eigenvalue weighted by molar-refractivity contribution is 5.98. The molecule has 0 radical (unpaired) electrons. The van der Waals surface area contributed by atoms with Crippen molar-refractivity contribution in [2.24, 2.45) is 11.3 Å². The van der Waals surface area contributed by atoms with Gasteiger partial charge >= 0.3 is 0 Å². The van der Waals surface area contributed by atoms with Crippen LogP contribution in [-0.2, 0) is 9.59 Å². The number of hydrogen-bond donors (Lipinski definition) is 1. The first-order valence-corrected chi connectivity index (χ1v) is 6.49. The second-order valence-electron chi connectivity index (χ2n) is 5.42. The molecule has 1 atom stereocenters. The Labute approximate surface area is 97.0 Å². The Morgan fingerprint density at radius 3 is 2.62 bits per heavy atom. The fourth-order valence-electron chi connectivity index (χ4n) is 3.52. The lowest BCUT2D eigenvalue weighted by molar-refractivity contribution is -0.139. The molecule has 90 valence electrons. The van der Waals surface area contributed by atoms with Crippen LogP contribution < -0.4 is 5.32 Å². The predicted octanol–water partition coefficient (Wildman–Crippen LogP) is 2.40. The number of imide groups is 1. The summed E-state index contributed by atoms with van der Waals surface area (Å²) in [6.07, 6.45) is 8.24. The Morgan fingerprint density at radius 1 is 1.31 bits per heavy atom. The lowest BCUT2D eigenvalue weighted by atomic mass is 9.69. The minimum atomic E-state index is -0.0559. The number of nitrogens with one attached hydrogen (secondary N) is 1. The Balaban J connectivity index is 2.08. The van der Waals surface area contributed by atoms with Gasteiger partial charge in [0.25, 0.3) is 0 Å². The van der Waals surface area contributed by atoms with Crippen molar-refractivity contribution in [1.29, 1.82) is 0 Å². The number of rotatable bonds is 3. The molecule has 1 spiro atoms. The third kappa shape index (κ3) is 2.13. The van der Waals surface area contributed by atoms with Gasteiger partial charge in [-0.25, -0.2) is 0 Å². The van der Waals surface area contributed by atoms with E-state index in [1.54, 1.807) is 0 Å². The molecule has 1 unspecified atom stereocenters. The molecule has 3 heteroatoms. The minimum absolute atomic E-state index is 0.0224. The van der Waals surface area contributed by atoms with Crippen LogP contribution in [0.2, 0.25) is 0 Å². The van der Waals surface area contributed by atoms with Gasteiger partial charge in [-0.15, -0.1) is 0 Å². The van der Waals surface area contributed by atoms with Crippen molar-refractivity contribution in [3.05, 3.63) is 0 Å². The van der Waals surface area contributed by atoms with E-state index in [9.17, 15) is 9.59 Å². The maximum absolute atomic E-state index is 11.5. The molecule has 1 aliphatic heterocycles. The molecule has 2 fully saturated rings. The largest absolute Gasteiger partial charge is 0.296 e. The molecule has 1 heterocycles. The molecule has 0 aromatic carbocycles. The number of carbonyl (C=O) groups is 2. The van der Waals surface area contributed by atoms with Gasteiger partial charge < -0.3 is 0 Å². The van der Waals surface area contributed by atoms with E-state index in [-0.39, 0.29) is 17.2 Å². The molecular weight excluding hydrogens is 202 g/mol. The van der Waals surface area contributed by atoms with Gasteiger partial charge in [0.15, 0.2) is 0 Å². The summed E-state index contributed by atoms with van der Waals surface area (Å²) in [6.45, 7) is 2.19. The van der Waals surface area contributed by atoms with Crippen LogP contribution in [0.3, 0.4) is 0 Å². The van der Waals surface area contributed by atoms with E-state index in [4.69, 9.17) is 0 Å². The van der Waals surface area contributed by atoms with Crippen LogP contribution in [0.15, 0.2) is 0 Å². The Hall–Kier alpha value is -0.860. The molecule has 2 rings (SSSR count). The highest BCUT2D eigenvalue weighted by atomic mass is 16.2. The molecule has 1 aliphatic carbocycles. The van der Waals surface area contributed by atoms with Crippen LogP contribution in [0.25, 0.3) is 0 Å². The van der Waals surface area contributed by atoms with E-state index < -0.39 is 0 Å². The number of amides is 2. The summed E-state index contributed by atoms with van der Waals surface area (Å²) >= 11 is 0. The molecule has 0 aromatic rings. The Morgan fingerprint density at radius 2 is 2.00 bits per heavy atom. The van der Waals surface area contributed by atoms with Crippen LogP contribution in [0.1, 0.15) is 58.3 Å². The van der Waals surface area contributed by atoms with E-state index in [1.165, 1.54) is 32.1 Å². The minimum Gasteiger partial charge on any atom is -0.296 e. The van der Waals surface area contributed by atoms with E-state index in [1.807, 2.05) is 0 Å². The second kappa shape index (κ2) is 4.56. The van der Waals surface area contributed by atoms with Gasteiger partial charge in [0.2, 0.25) is 11.8 Å². The monoisotopic (exact) mass is 223 g/mol. The van der Waals surface area contributed by atoms with Crippen molar-refractivity contribution in [2.45, 2.75) is 58.3 Å². The highest BCUT2D eigenvalue weighted by Gasteiger charge is 2.47. The summed E-state index contributed by atoms with van der Waals surface area (Å²) in [4.78, 5) is 23.0. The summed E-state index contributed by atoms with van der Waals surface area (Å²) in [5.74, 6) is 0.488. The molecule has 1 saturated carbocycles. The fraction of sp³-hybridized carbons (Fsp3) is 0.846. The Bertz CT molecular complexity index is 282. The van der Waals surface area contributed by atoms with Crippen molar-refractivity contribution >= 4 is 11.8 Å². The third-order valence-corrected chi connectivity index (χ3v) is 4.30. The van der Waals surface area contributed by atoms with Crippen molar-refractivity contribution in [2.75, 3.05) is 0 Å². The molecule has 2 aliphatic rings. The summed E-state index contributed by atoms with van der Waals surface area (Å²) in [5, 5.41) is 2.43. The topological polar surface area (TPSA) is 46.2 Å².